The summed E-state index contributed by atoms with van der Waals surface area (Å²) < 4.78 is 84.6. The van der Waals surface area contributed by atoms with Crippen LogP contribution in [0.15, 0.2) is 64.2 Å². The van der Waals surface area contributed by atoms with Crippen LogP contribution in [-0.4, -0.2) is 47.8 Å². The molecule has 0 spiro atoms. The molecule has 40 heavy (non-hydrogen) atoms. The maximum atomic E-state index is 13.3. The van der Waals surface area contributed by atoms with Gasteiger partial charge in [-0.05, 0) is 42.0 Å². The molecular weight excluding hydrogens is 574 g/mol. The molecule has 10 nitrogen and oxygen atoms in total. The van der Waals surface area contributed by atoms with Gasteiger partial charge in [-0.25, -0.2) is 9.48 Å². The van der Waals surface area contributed by atoms with E-state index >= 15 is 0 Å². The van der Waals surface area contributed by atoms with E-state index in [0.717, 1.165) is 24.6 Å². The predicted molar refractivity (Wildman–Crippen MR) is 125 cm³/mol. The van der Waals surface area contributed by atoms with Gasteiger partial charge in [0.15, 0.2) is 17.8 Å². The summed E-state index contributed by atoms with van der Waals surface area (Å²) in [5.41, 5.74) is -2.10. The van der Waals surface area contributed by atoms with Crippen LogP contribution < -0.4 is 11.0 Å². The summed E-state index contributed by atoms with van der Waals surface area (Å²) in [5.74, 6) is -1.48. The second-order valence-electron chi connectivity index (χ2n) is 8.35. The number of rotatable bonds is 8. The second kappa shape index (κ2) is 11.1. The highest BCUT2D eigenvalue weighted by atomic mass is 35.5. The lowest BCUT2D eigenvalue weighted by Gasteiger charge is -2.17. The smallest absolute Gasteiger partial charge is 0.382 e. The number of aliphatic hydroxyl groups is 1. The lowest BCUT2D eigenvalue weighted by atomic mass is 10.0. The van der Waals surface area contributed by atoms with Crippen molar-refractivity contribution in [2.24, 2.45) is 0 Å². The minimum absolute atomic E-state index is 0.0717. The van der Waals surface area contributed by atoms with Gasteiger partial charge in [-0.3, -0.25) is 9.36 Å². The van der Waals surface area contributed by atoms with E-state index in [1.54, 1.807) is 0 Å². The van der Waals surface area contributed by atoms with Crippen LogP contribution in [0.4, 0.5) is 26.3 Å². The maximum Gasteiger partial charge on any atom is 0.416 e. The summed E-state index contributed by atoms with van der Waals surface area (Å²) in [7, 11) is 0. The Morgan fingerprint density at radius 2 is 1.80 bits per heavy atom. The number of alkyl halides is 6. The Hall–Kier alpha value is -4.18. The Bertz CT molecular complexity index is 1530. The minimum atomic E-state index is -5.06. The Kier molecular flexibility index (Phi) is 8.02. The predicted octanol–water partition coefficient (Wildman–Crippen LogP) is 3.60. The van der Waals surface area contributed by atoms with Crippen molar-refractivity contribution in [1.82, 2.24) is 29.8 Å². The van der Waals surface area contributed by atoms with E-state index in [9.17, 15) is 41.0 Å². The van der Waals surface area contributed by atoms with E-state index in [0.29, 0.717) is 9.25 Å². The van der Waals surface area contributed by atoms with Crippen LogP contribution in [0.1, 0.15) is 23.0 Å². The Balaban J connectivity index is 1.66. The Labute approximate surface area is 224 Å². The van der Waals surface area contributed by atoms with Crippen LogP contribution in [0.2, 0.25) is 5.02 Å². The molecule has 1 unspecified atom stereocenters. The number of hydrogen-bond donors (Lipinski definition) is 2. The van der Waals surface area contributed by atoms with E-state index in [1.165, 1.54) is 30.3 Å². The third-order valence-electron chi connectivity index (χ3n) is 5.54. The number of benzene rings is 2. The molecule has 0 aliphatic heterocycles. The molecule has 0 aliphatic rings. The molecule has 1 amide bonds. The molecule has 0 bridgehead atoms. The SMILES string of the molecule is O=C(Cn1nc(-c2ccc(Cl)cc2)n(C[C@H](O)C(F)(F)F)c1=O)NC(c1cccc(C(F)(F)F)c1)c1ncon1. The number of nitrogens with one attached hydrogen (secondary N) is 1. The van der Waals surface area contributed by atoms with Crippen molar-refractivity contribution < 1.29 is 40.8 Å². The van der Waals surface area contributed by atoms with Crippen molar-refractivity contribution >= 4 is 17.5 Å². The normalized spacial score (nSPS) is 13.7. The van der Waals surface area contributed by atoms with E-state index < -0.39 is 54.7 Å². The summed E-state index contributed by atoms with van der Waals surface area (Å²) in [6.07, 6.45) is -11.8. The third kappa shape index (κ3) is 6.51. The lowest BCUT2D eigenvalue weighted by molar-refractivity contribution is -0.207. The Morgan fingerprint density at radius 1 is 1.10 bits per heavy atom. The highest BCUT2D eigenvalue weighted by Crippen LogP contribution is 2.32. The standard InChI is InChI=1S/C23H17ClF6N6O4/c24-15-6-4-12(5-7-15)20-33-36(21(39)35(20)9-16(37)23(28,29)30)10-17(38)32-18(19-31-11-40-34-19)13-2-1-3-14(8-13)22(25,26)27/h1-8,11,16,18,37H,9-10H2,(H,32,38)/t16-,18?/m0/s1. The second-order valence-corrected chi connectivity index (χ2v) is 8.79. The number of aliphatic hydroxyl groups excluding tert-OH is 1. The fourth-order valence-corrected chi connectivity index (χ4v) is 3.76. The average molecular weight is 591 g/mol. The first-order chi connectivity index (χ1) is 18.7. The molecule has 4 rings (SSSR count). The van der Waals surface area contributed by atoms with Gasteiger partial charge in [0.05, 0.1) is 12.1 Å². The van der Waals surface area contributed by atoms with E-state index in [-0.39, 0.29) is 27.8 Å². The molecular formula is C23H17ClF6N6O4. The zero-order chi connectivity index (χ0) is 29.2. The summed E-state index contributed by atoms with van der Waals surface area (Å²) >= 11 is 5.85. The molecule has 0 radical (unpaired) electrons. The number of aromatic nitrogens is 5. The minimum Gasteiger partial charge on any atom is -0.382 e. The van der Waals surface area contributed by atoms with Gasteiger partial charge in [0.2, 0.25) is 12.3 Å². The topological polar surface area (TPSA) is 128 Å². The van der Waals surface area contributed by atoms with Crippen molar-refractivity contribution in [3.8, 4) is 11.4 Å². The van der Waals surface area contributed by atoms with Crippen LogP contribution in [0.5, 0.6) is 0 Å². The van der Waals surface area contributed by atoms with Crippen LogP contribution in [0, 0.1) is 0 Å². The molecule has 17 heteroatoms. The quantitative estimate of drug-likeness (QED) is 0.300. The van der Waals surface area contributed by atoms with Crippen LogP contribution in [0.25, 0.3) is 11.4 Å². The van der Waals surface area contributed by atoms with Gasteiger partial charge in [-0.2, -0.15) is 31.3 Å². The van der Waals surface area contributed by atoms with Crippen LogP contribution in [-0.2, 0) is 24.1 Å². The molecule has 212 valence electrons. The average Bonchev–Trinajstić information content (AvgIpc) is 3.51. The first-order valence-electron chi connectivity index (χ1n) is 11.1. The molecule has 2 aromatic carbocycles. The van der Waals surface area contributed by atoms with Gasteiger partial charge in [-0.1, -0.05) is 28.9 Å². The fourth-order valence-electron chi connectivity index (χ4n) is 3.64. The summed E-state index contributed by atoms with van der Waals surface area (Å²) in [6.45, 7) is -2.08. The van der Waals surface area contributed by atoms with Crippen LogP contribution in [0.3, 0.4) is 0 Å². The van der Waals surface area contributed by atoms with Crippen LogP contribution >= 0.6 is 11.6 Å². The van der Waals surface area contributed by atoms with Gasteiger partial charge in [0.25, 0.3) is 0 Å². The number of halogens is 7. The first kappa shape index (κ1) is 28.8. The number of hydrogen-bond acceptors (Lipinski definition) is 7. The van der Waals surface area contributed by atoms with Gasteiger partial charge >= 0.3 is 18.0 Å². The summed E-state index contributed by atoms with van der Waals surface area (Å²) in [4.78, 5) is 29.7. The summed E-state index contributed by atoms with van der Waals surface area (Å²) in [5, 5.41) is 19.8. The maximum absolute atomic E-state index is 13.3. The van der Waals surface area contributed by atoms with Gasteiger partial charge in [-0.15, -0.1) is 5.10 Å². The molecule has 4 aromatic rings. The molecule has 2 heterocycles. The molecule has 0 saturated heterocycles. The Morgan fingerprint density at radius 3 is 2.40 bits per heavy atom. The van der Waals surface area contributed by atoms with Crippen molar-refractivity contribution in [2.45, 2.75) is 37.6 Å². The molecule has 0 saturated carbocycles. The van der Waals surface area contributed by atoms with E-state index in [4.69, 9.17) is 11.6 Å². The van der Waals surface area contributed by atoms with Gasteiger partial charge in [0, 0.05) is 10.6 Å². The monoisotopic (exact) mass is 590 g/mol. The van der Waals surface area contributed by atoms with Crippen molar-refractivity contribution in [2.75, 3.05) is 0 Å². The van der Waals surface area contributed by atoms with Gasteiger partial charge in [0.1, 0.15) is 12.6 Å². The molecule has 2 N–H and O–H groups in total. The third-order valence-corrected chi connectivity index (χ3v) is 5.79. The van der Waals surface area contributed by atoms with Crippen molar-refractivity contribution in [3.05, 3.63) is 87.4 Å². The highest BCUT2D eigenvalue weighted by Gasteiger charge is 2.39. The molecule has 2 atom stereocenters. The lowest BCUT2D eigenvalue weighted by Crippen LogP contribution is -2.39. The zero-order valence-electron chi connectivity index (χ0n) is 19.8. The van der Waals surface area contributed by atoms with Gasteiger partial charge < -0.3 is 14.9 Å². The molecule has 0 aliphatic carbocycles. The zero-order valence-corrected chi connectivity index (χ0v) is 20.6. The fraction of sp³-hybridized carbons (Fsp3) is 0.261. The van der Waals surface area contributed by atoms with Crippen molar-refractivity contribution in [3.63, 3.8) is 0 Å². The largest absolute Gasteiger partial charge is 0.416 e. The van der Waals surface area contributed by atoms with E-state index in [2.05, 4.69) is 25.1 Å². The molecule has 0 fully saturated rings. The first-order valence-corrected chi connectivity index (χ1v) is 11.5. The number of carbonyl (C=O) groups excluding carboxylic acids is 1. The number of carbonyl (C=O) groups is 1. The number of amides is 1. The highest BCUT2D eigenvalue weighted by molar-refractivity contribution is 6.30. The van der Waals surface area contributed by atoms with Crippen molar-refractivity contribution in [1.29, 1.82) is 0 Å². The number of nitrogens with zero attached hydrogens (tertiary/aromatic N) is 5. The summed E-state index contributed by atoms with van der Waals surface area (Å²) in [6, 6.07) is 8.12. The molecule has 2 aromatic heterocycles. The van der Waals surface area contributed by atoms with E-state index in [1.807, 2.05) is 0 Å².